The summed E-state index contributed by atoms with van der Waals surface area (Å²) in [5.74, 6) is 0.253. The highest BCUT2D eigenvalue weighted by molar-refractivity contribution is 5.81. The Kier molecular flexibility index (Phi) is 4.68. The van der Waals surface area contributed by atoms with Gasteiger partial charge in [-0.05, 0) is 0 Å². The van der Waals surface area contributed by atoms with Crippen LogP contribution in [0.2, 0.25) is 0 Å². The molecule has 0 spiro atoms. The molecule has 0 unspecified atom stereocenters. The van der Waals surface area contributed by atoms with Gasteiger partial charge in [-0.3, -0.25) is 4.57 Å². The van der Waals surface area contributed by atoms with Crippen molar-refractivity contribution in [2.24, 2.45) is 0 Å². The molecule has 1 aliphatic heterocycles. The number of methoxy groups -OCH3 is 1. The van der Waals surface area contributed by atoms with Crippen molar-refractivity contribution in [3.63, 3.8) is 0 Å². The molecule has 0 amide bonds. The Bertz CT molecular complexity index is 665. The van der Waals surface area contributed by atoms with Gasteiger partial charge in [0.15, 0.2) is 17.7 Å². The number of anilines is 1. The highest BCUT2D eigenvalue weighted by atomic mass is 16.6. The van der Waals surface area contributed by atoms with Gasteiger partial charge in [-0.25, -0.2) is 15.0 Å². The second-order valence-corrected chi connectivity index (χ2v) is 5.15. The molecule has 3 heterocycles. The van der Waals surface area contributed by atoms with Crippen molar-refractivity contribution in [2.45, 2.75) is 24.5 Å². The van der Waals surface area contributed by atoms with Crippen molar-refractivity contribution in [3.8, 4) is 0 Å². The van der Waals surface area contributed by atoms with Crippen LogP contribution in [-0.2, 0) is 14.2 Å². The van der Waals surface area contributed by atoms with E-state index in [0.29, 0.717) is 17.8 Å². The van der Waals surface area contributed by atoms with E-state index in [1.807, 2.05) is 0 Å². The van der Waals surface area contributed by atoms with Crippen LogP contribution < -0.4 is 5.73 Å². The van der Waals surface area contributed by atoms with Gasteiger partial charge in [0.1, 0.15) is 30.2 Å². The Morgan fingerprint density at radius 1 is 1.35 bits per heavy atom. The average molecular weight is 325 g/mol. The largest absolute Gasteiger partial charge is 0.394 e. The fourth-order valence-electron chi connectivity index (χ4n) is 2.60. The third kappa shape index (κ3) is 2.86. The summed E-state index contributed by atoms with van der Waals surface area (Å²) in [4.78, 5) is 12.2. The maximum absolute atomic E-state index is 10.3. The van der Waals surface area contributed by atoms with Crippen molar-refractivity contribution in [1.29, 1.82) is 0 Å². The zero-order valence-corrected chi connectivity index (χ0v) is 12.6. The van der Waals surface area contributed by atoms with E-state index in [2.05, 4.69) is 15.0 Å². The minimum atomic E-state index is -0.988. The lowest BCUT2D eigenvalue weighted by Gasteiger charge is -2.21. The van der Waals surface area contributed by atoms with Crippen molar-refractivity contribution >= 4 is 17.0 Å². The molecule has 23 heavy (non-hydrogen) atoms. The molecule has 2 aromatic rings. The predicted octanol–water partition coefficient (Wildman–Crippen LogP) is -1.31. The summed E-state index contributed by atoms with van der Waals surface area (Å²) in [6, 6.07) is 0. The van der Waals surface area contributed by atoms with E-state index >= 15 is 0 Å². The number of imidazole rings is 1. The first-order chi connectivity index (χ1) is 11.2. The molecule has 4 N–H and O–H groups in total. The molecular formula is C13H19N5O5. The third-order valence-electron chi connectivity index (χ3n) is 3.75. The van der Waals surface area contributed by atoms with E-state index in [-0.39, 0.29) is 19.0 Å². The summed E-state index contributed by atoms with van der Waals surface area (Å²) in [6.07, 6.45) is -0.317. The van der Waals surface area contributed by atoms with Crippen molar-refractivity contribution in [2.75, 3.05) is 32.7 Å². The lowest BCUT2D eigenvalue weighted by Crippen LogP contribution is -2.36. The van der Waals surface area contributed by atoms with E-state index in [0.717, 1.165) is 0 Å². The molecule has 0 aliphatic carbocycles. The molecule has 10 heteroatoms. The second-order valence-electron chi connectivity index (χ2n) is 5.15. The smallest absolute Gasteiger partial charge is 0.167 e. The minimum Gasteiger partial charge on any atom is -0.394 e. The van der Waals surface area contributed by atoms with Gasteiger partial charge in [0.25, 0.3) is 0 Å². The van der Waals surface area contributed by atoms with Gasteiger partial charge in [-0.15, -0.1) is 0 Å². The van der Waals surface area contributed by atoms with Crippen LogP contribution in [-0.4, -0.2) is 75.0 Å². The van der Waals surface area contributed by atoms with Crippen LogP contribution in [0.5, 0.6) is 0 Å². The van der Waals surface area contributed by atoms with Crippen molar-refractivity contribution in [1.82, 2.24) is 19.5 Å². The van der Waals surface area contributed by atoms with Gasteiger partial charge >= 0.3 is 0 Å². The number of aliphatic hydroxyl groups excluding tert-OH is 2. The van der Waals surface area contributed by atoms with Gasteiger partial charge in [-0.2, -0.15) is 0 Å². The Hall–Kier alpha value is -1.85. The molecule has 0 aromatic carbocycles. The van der Waals surface area contributed by atoms with E-state index in [1.54, 1.807) is 11.7 Å². The standard InChI is InChI=1S/C13H19N5O5/c1-21-2-3-22-10-9(20)7(4-19)23-13(10)18-6-17-8-11(14)15-5-16-12(8)18/h5-7,9-10,13,19-20H,2-4H2,1H3,(H2,14,15,16)/t7-,9+,10+,13-/m1/s1. The van der Waals surface area contributed by atoms with E-state index < -0.39 is 24.5 Å². The molecular weight excluding hydrogens is 306 g/mol. The topological polar surface area (TPSA) is 138 Å². The first-order valence-corrected chi connectivity index (χ1v) is 7.15. The number of nitrogens with two attached hydrogens (primary N) is 1. The zero-order valence-electron chi connectivity index (χ0n) is 12.6. The van der Waals surface area contributed by atoms with Gasteiger partial charge in [0.2, 0.25) is 0 Å². The molecule has 1 aliphatic rings. The summed E-state index contributed by atoms with van der Waals surface area (Å²) < 4.78 is 17.9. The van der Waals surface area contributed by atoms with Crippen LogP contribution in [0.25, 0.3) is 11.2 Å². The van der Waals surface area contributed by atoms with Crippen LogP contribution in [0.3, 0.4) is 0 Å². The molecule has 3 rings (SSSR count). The number of hydrogen-bond donors (Lipinski definition) is 3. The first kappa shape index (κ1) is 16.0. The zero-order chi connectivity index (χ0) is 16.4. The third-order valence-corrected chi connectivity index (χ3v) is 3.75. The summed E-state index contributed by atoms with van der Waals surface area (Å²) in [7, 11) is 1.56. The van der Waals surface area contributed by atoms with Gasteiger partial charge < -0.3 is 30.2 Å². The highest BCUT2D eigenvalue weighted by Gasteiger charge is 2.45. The highest BCUT2D eigenvalue weighted by Crippen LogP contribution is 2.33. The van der Waals surface area contributed by atoms with Crippen LogP contribution in [0.4, 0.5) is 5.82 Å². The van der Waals surface area contributed by atoms with Gasteiger partial charge in [0, 0.05) is 7.11 Å². The van der Waals surface area contributed by atoms with Crippen LogP contribution in [0.15, 0.2) is 12.7 Å². The van der Waals surface area contributed by atoms with Crippen LogP contribution in [0.1, 0.15) is 6.23 Å². The number of fused-ring (bicyclic) bond motifs is 1. The average Bonchev–Trinajstić information content (AvgIpc) is 3.10. The van der Waals surface area contributed by atoms with E-state index in [4.69, 9.17) is 19.9 Å². The molecule has 4 atom stereocenters. The van der Waals surface area contributed by atoms with Crippen LogP contribution >= 0.6 is 0 Å². The summed E-state index contributed by atoms with van der Waals surface area (Å²) >= 11 is 0. The number of nitrogen functional groups attached to an aromatic ring is 1. The minimum absolute atomic E-state index is 0.253. The number of rotatable bonds is 6. The number of hydrogen-bond acceptors (Lipinski definition) is 9. The van der Waals surface area contributed by atoms with Gasteiger partial charge in [0.05, 0.1) is 26.1 Å². The number of nitrogens with zero attached hydrogens (tertiary/aromatic N) is 4. The molecule has 10 nitrogen and oxygen atoms in total. The monoisotopic (exact) mass is 325 g/mol. The molecule has 2 aromatic heterocycles. The summed E-state index contributed by atoms with van der Waals surface area (Å²) in [5, 5.41) is 19.7. The molecule has 0 radical (unpaired) electrons. The Morgan fingerprint density at radius 3 is 2.91 bits per heavy atom. The molecule has 1 fully saturated rings. The van der Waals surface area contributed by atoms with Crippen molar-refractivity contribution < 1.29 is 24.4 Å². The fraction of sp³-hybridized carbons (Fsp3) is 0.615. The number of ether oxygens (including phenoxy) is 3. The molecule has 126 valence electrons. The Morgan fingerprint density at radius 2 is 2.17 bits per heavy atom. The van der Waals surface area contributed by atoms with Crippen LogP contribution in [0, 0.1) is 0 Å². The lowest BCUT2D eigenvalue weighted by molar-refractivity contribution is -0.0785. The summed E-state index contributed by atoms with van der Waals surface area (Å²) in [5.41, 5.74) is 6.68. The molecule has 0 bridgehead atoms. The summed E-state index contributed by atoms with van der Waals surface area (Å²) in [6.45, 7) is 0.324. The number of aliphatic hydroxyl groups is 2. The van der Waals surface area contributed by atoms with Gasteiger partial charge in [-0.1, -0.05) is 0 Å². The Labute approximate surface area is 131 Å². The quantitative estimate of drug-likeness (QED) is 0.553. The fourth-order valence-corrected chi connectivity index (χ4v) is 2.60. The predicted molar refractivity (Wildman–Crippen MR) is 78.4 cm³/mol. The second kappa shape index (κ2) is 6.72. The lowest BCUT2D eigenvalue weighted by atomic mass is 10.1. The maximum atomic E-state index is 10.3. The molecule has 1 saturated heterocycles. The number of aromatic nitrogens is 4. The Balaban J connectivity index is 1.92. The first-order valence-electron chi connectivity index (χ1n) is 7.15. The van der Waals surface area contributed by atoms with E-state index in [9.17, 15) is 10.2 Å². The van der Waals surface area contributed by atoms with E-state index in [1.165, 1.54) is 12.7 Å². The maximum Gasteiger partial charge on any atom is 0.167 e. The van der Waals surface area contributed by atoms with Crippen molar-refractivity contribution in [3.05, 3.63) is 12.7 Å². The normalized spacial score (nSPS) is 27.8. The SMILES string of the molecule is COCCO[C@H]1[C@@H](O)[C@@H](CO)O[C@H]1n1cnc2c(N)ncnc21. The molecule has 0 saturated carbocycles.